The Balaban J connectivity index is 2.32. The van der Waals surface area contributed by atoms with Gasteiger partial charge in [-0.25, -0.2) is 0 Å². The Morgan fingerprint density at radius 3 is 2.39 bits per heavy atom. The Bertz CT molecular complexity index is 616. The minimum absolute atomic E-state index is 0.00946. The van der Waals surface area contributed by atoms with Gasteiger partial charge in [0.25, 0.3) is 0 Å². The largest absolute Gasteiger partial charge is 0.491 e. The first-order valence-corrected chi connectivity index (χ1v) is 8.37. The lowest BCUT2D eigenvalue weighted by atomic mass is 9.78. The number of aldehydes is 1. The Hall–Kier alpha value is -1.31. The molecule has 0 N–H and O–H groups in total. The number of hydrogen-bond acceptors (Lipinski definition) is 6. The first kappa shape index (κ1) is 18.0. The molecular weight excluding hydrogens is 315 g/mol. The fraction of sp³-hybridized carbons (Fsp3) is 0.500. The van der Waals surface area contributed by atoms with E-state index in [9.17, 15) is 9.59 Å². The molecule has 0 unspecified atom stereocenters. The summed E-state index contributed by atoms with van der Waals surface area (Å²) in [5.74, 6) is 0.669. The number of furan rings is 1. The van der Waals surface area contributed by atoms with Crippen molar-refractivity contribution in [1.29, 1.82) is 0 Å². The van der Waals surface area contributed by atoms with Crippen LogP contribution in [0, 0.1) is 0 Å². The molecule has 2 heterocycles. The van der Waals surface area contributed by atoms with Crippen molar-refractivity contribution in [3.8, 4) is 0 Å². The van der Waals surface area contributed by atoms with Gasteiger partial charge >= 0.3 is 7.12 Å². The average Bonchev–Trinajstić information content (AvgIpc) is 2.96. The van der Waals surface area contributed by atoms with E-state index in [1.165, 1.54) is 24.9 Å². The summed E-state index contributed by atoms with van der Waals surface area (Å²) in [6.45, 7) is 9.39. The Morgan fingerprint density at radius 1 is 1.26 bits per heavy atom. The van der Waals surface area contributed by atoms with E-state index in [1.54, 1.807) is 12.1 Å². The van der Waals surface area contributed by atoms with E-state index < -0.39 is 18.3 Å². The third-order valence-corrected chi connectivity index (χ3v) is 5.06. The van der Waals surface area contributed by atoms with Crippen molar-refractivity contribution in [3.05, 3.63) is 29.1 Å². The van der Waals surface area contributed by atoms with Gasteiger partial charge in [-0.3, -0.25) is 9.59 Å². The highest BCUT2D eigenvalue weighted by molar-refractivity contribution is 8.13. The quantitative estimate of drug-likeness (QED) is 0.607. The molecule has 0 aromatic carbocycles. The lowest BCUT2D eigenvalue weighted by molar-refractivity contribution is -0.109. The molecule has 0 spiro atoms. The van der Waals surface area contributed by atoms with E-state index in [2.05, 4.69) is 0 Å². The van der Waals surface area contributed by atoms with Crippen LogP contribution in [-0.4, -0.2) is 35.5 Å². The monoisotopic (exact) mass is 336 g/mol. The zero-order valence-corrected chi connectivity index (χ0v) is 14.9. The highest BCUT2D eigenvalue weighted by atomic mass is 32.2. The molecule has 1 aliphatic heterocycles. The summed E-state index contributed by atoms with van der Waals surface area (Å²) < 4.78 is 17.2. The van der Waals surface area contributed by atoms with Gasteiger partial charge in [0.1, 0.15) is 0 Å². The molecule has 2 rings (SSSR count). The maximum Gasteiger partial charge on any atom is 0.491 e. The molecule has 0 aliphatic carbocycles. The molecule has 7 heteroatoms. The lowest BCUT2D eigenvalue weighted by Crippen LogP contribution is -2.41. The Kier molecular flexibility index (Phi) is 5.23. The van der Waals surface area contributed by atoms with E-state index in [4.69, 9.17) is 13.7 Å². The summed E-state index contributed by atoms with van der Waals surface area (Å²) >= 11 is 1.18. The van der Waals surface area contributed by atoms with Crippen LogP contribution in [-0.2, 0) is 14.1 Å². The van der Waals surface area contributed by atoms with Crippen molar-refractivity contribution in [1.82, 2.24) is 0 Å². The van der Waals surface area contributed by atoms with E-state index in [1.807, 2.05) is 27.7 Å². The molecule has 0 saturated carbocycles. The second kappa shape index (κ2) is 6.67. The highest BCUT2D eigenvalue weighted by Crippen LogP contribution is 2.39. The van der Waals surface area contributed by atoms with Gasteiger partial charge in [0.2, 0.25) is 0 Å². The predicted molar refractivity (Wildman–Crippen MR) is 91.3 cm³/mol. The second-order valence-corrected chi connectivity index (χ2v) is 7.60. The maximum atomic E-state index is 11.3. The molecule has 124 valence electrons. The summed E-state index contributed by atoms with van der Waals surface area (Å²) in [6, 6.07) is 1.70. The van der Waals surface area contributed by atoms with Gasteiger partial charge < -0.3 is 13.7 Å². The minimum Gasteiger partial charge on any atom is -0.461 e. The Morgan fingerprint density at radius 2 is 1.87 bits per heavy atom. The minimum atomic E-state index is -0.568. The molecule has 1 saturated heterocycles. The van der Waals surface area contributed by atoms with Crippen LogP contribution >= 0.6 is 11.8 Å². The molecule has 0 atom stereocenters. The van der Waals surface area contributed by atoms with Crippen molar-refractivity contribution in [2.75, 3.05) is 5.75 Å². The smallest absolute Gasteiger partial charge is 0.461 e. The molecule has 1 aliphatic rings. The third-order valence-electron chi connectivity index (χ3n) is 4.17. The van der Waals surface area contributed by atoms with Gasteiger partial charge in [-0.2, -0.15) is 0 Å². The highest BCUT2D eigenvalue weighted by Gasteiger charge is 2.52. The molecular formula is C16H21BO5S. The number of carbonyl (C=O) groups is 2. The Labute approximate surface area is 140 Å². The molecule has 0 amide bonds. The number of thioether (sulfide) groups is 1. The van der Waals surface area contributed by atoms with Crippen LogP contribution < -0.4 is 0 Å². The van der Waals surface area contributed by atoms with Crippen molar-refractivity contribution in [3.63, 3.8) is 0 Å². The molecule has 1 aromatic heterocycles. The molecule has 0 radical (unpaired) electrons. The average molecular weight is 336 g/mol. The van der Waals surface area contributed by atoms with Gasteiger partial charge in [0, 0.05) is 18.2 Å². The summed E-state index contributed by atoms with van der Waals surface area (Å²) in [6.07, 6.45) is 3.91. The number of hydrogen-bond donors (Lipinski definition) is 0. The van der Waals surface area contributed by atoms with Crippen LogP contribution in [0.15, 0.2) is 22.2 Å². The van der Waals surface area contributed by atoms with E-state index >= 15 is 0 Å². The van der Waals surface area contributed by atoms with Gasteiger partial charge in [0.15, 0.2) is 17.2 Å². The molecule has 1 aromatic rings. The van der Waals surface area contributed by atoms with Crippen LogP contribution in [0.25, 0.3) is 6.08 Å². The molecule has 5 nitrogen and oxygen atoms in total. The summed E-state index contributed by atoms with van der Waals surface area (Å²) in [5.41, 5.74) is 0.491. The van der Waals surface area contributed by atoms with Crippen LogP contribution in [0.4, 0.5) is 0 Å². The van der Waals surface area contributed by atoms with Crippen molar-refractivity contribution in [2.45, 2.75) is 45.8 Å². The van der Waals surface area contributed by atoms with E-state index in [-0.39, 0.29) is 10.9 Å². The topological polar surface area (TPSA) is 65.7 Å². The van der Waals surface area contributed by atoms with Gasteiger partial charge in [-0.1, -0.05) is 17.8 Å². The lowest BCUT2D eigenvalue weighted by Gasteiger charge is -2.32. The summed E-state index contributed by atoms with van der Waals surface area (Å²) in [4.78, 5) is 22.3. The fourth-order valence-electron chi connectivity index (χ4n) is 2.10. The molecule has 1 fully saturated rings. The van der Waals surface area contributed by atoms with Crippen LogP contribution in [0.5, 0.6) is 0 Å². The molecule has 23 heavy (non-hydrogen) atoms. The number of carbonyl (C=O) groups excluding carboxylic acids is 2. The van der Waals surface area contributed by atoms with Crippen molar-refractivity contribution < 1.29 is 23.3 Å². The van der Waals surface area contributed by atoms with E-state index in [0.29, 0.717) is 17.6 Å². The van der Waals surface area contributed by atoms with Gasteiger partial charge in [-0.05, 0) is 39.2 Å². The molecule has 0 bridgehead atoms. The second-order valence-electron chi connectivity index (χ2n) is 6.45. The number of rotatable bonds is 5. The van der Waals surface area contributed by atoms with Crippen LogP contribution in [0.3, 0.4) is 0 Å². The van der Waals surface area contributed by atoms with Crippen molar-refractivity contribution >= 4 is 36.4 Å². The normalized spacial score (nSPS) is 19.9. The zero-order chi connectivity index (χ0) is 17.3. The first-order chi connectivity index (χ1) is 10.7. The maximum absolute atomic E-state index is 11.3. The summed E-state index contributed by atoms with van der Waals surface area (Å²) in [5, 5.41) is 0.00946. The SMILES string of the molecule is CC(=O)SCC(=Cc1ccoc1C=O)B1OC(C)(C)C(C)(C)O1. The van der Waals surface area contributed by atoms with Crippen LogP contribution in [0.2, 0.25) is 0 Å². The van der Waals surface area contributed by atoms with Crippen molar-refractivity contribution in [2.24, 2.45) is 0 Å². The standard InChI is InChI=1S/C16H21BO5S/c1-11(19)23-10-13(8-12-6-7-20-14(12)9-18)17-21-15(2,3)16(4,5)22-17/h6-9H,10H2,1-5H3. The zero-order valence-electron chi connectivity index (χ0n) is 14.0. The third kappa shape index (κ3) is 3.97. The first-order valence-electron chi connectivity index (χ1n) is 7.38. The van der Waals surface area contributed by atoms with Gasteiger partial charge in [-0.15, -0.1) is 0 Å². The van der Waals surface area contributed by atoms with Crippen LogP contribution in [0.1, 0.15) is 50.7 Å². The summed E-state index contributed by atoms with van der Waals surface area (Å²) in [7, 11) is -0.568. The van der Waals surface area contributed by atoms with E-state index in [0.717, 1.165) is 5.47 Å². The predicted octanol–water partition coefficient (Wildman–Crippen LogP) is 3.39. The fourth-order valence-corrected chi connectivity index (χ4v) is 2.69. The van der Waals surface area contributed by atoms with Gasteiger partial charge in [0.05, 0.1) is 17.5 Å².